The van der Waals surface area contributed by atoms with Crippen molar-refractivity contribution in [2.24, 2.45) is 5.92 Å². The zero-order chi connectivity index (χ0) is 14.1. The summed E-state index contributed by atoms with van der Waals surface area (Å²) < 4.78 is 0. The monoisotopic (exact) mass is 284 g/mol. The molecule has 2 aromatic rings. The Balaban J connectivity index is 1.51. The van der Waals surface area contributed by atoms with Crippen LogP contribution in [0.25, 0.3) is 0 Å². The van der Waals surface area contributed by atoms with Crippen molar-refractivity contribution in [3.05, 3.63) is 35.9 Å². The Kier molecular flexibility index (Phi) is 3.31. The quantitative estimate of drug-likeness (QED) is 0.879. The summed E-state index contributed by atoms with van der Waals surface area (Å²) in [5.41, 5.74) is 1.20. The Morgan fingerprint density at radius 2 is 2.14 bits per heavy atom. The predicted molar refractivity (Wildman–Crippen MR) is 80.2 cm³/mol. The minimum absolute atomic E-state index is 0.559. The average molecular weight is 284 g/mol. The lowest BCUT2D eigenvalue weighted by Crippen LogP contribution is -2.45. The molecule has 2 saturated heterocycles. The van der Waals surface area contributed by atoms with E-state index in [2.05, 4.69) is 25.4 Å². The van der Waals surface area contributed by atoms with E-state index in [0.717, 1.165) is 43.7 Å². The molecule has 4 heterocycles. The highest BCUT2D eigenvalue weighted by atomic mass is 15.4. The molecule has 4 rings (SSSR count). The Labute approximate surface area is 124 Å². The molecule has 2 fully saturated rings. The fourth-order valence-corrected chi connectivity index (χ4v) is 3.50. The van der Waals surface area contributed by atoms with Gasteiger partial charge in [0.1, 0.15) is 5.82 Å². The van der Waals surface area contributed by atoms with Crippen molar-refractivity contribution in [3.63, 3.8) is 0 Å². The highest BCUT2D eigenvalue weighted by Gasteiger charge is 2.36. The first-order valence-electron chi connectivity index (χ1n) is 7.68. The molecule has 0 spiro atoms. The summed E-state index contributed by atoms with van der Waals surface area (Å²) in [5.74, 6) is 2.53. The van der Waals surface area contributed by atoms with E-state index in [4.69, 9.17) is 4.98 Å². The van der Waals surface area contributed by atoms with Gasteiger partial charge in [-0.3, -0.25) is 10.1 Å². The molecule has 21 heavy (non-hydrogen) atoms. The average Bonchev–Trinajstić information content (AvgIpc) is 3.16. The molecule has 0 bridgehead atoms. The van der Waals surface area contributed by atoms with Crippen molar-refractivity contribution >= 4 is 5.95 Å². The van der Waals surface area contributed by atoms with E-state index in [9.17, 15) is 0 Å². The maximum atomic E-state index is 4.70. The topological polar surface area (TPSA) is 69.7 Å². The smallest absolute Gasteiger partial charge is 0.245 e. The minimum Gasteiger partial charge on any atom is -0.335 e. The Hall–Kier alpha value is -1.95. The number of rotatable bonds is 3. The molecule has 6 nitrogen and oxygen atoms in total. The first-order valence-corrected chi connectivity index (χ1v) is 7.68. The van der Waals surface area contributed by atoms with Gasteiger partial charge in [-0.05, 0) is 36.5 Å². The lowest BCUT2D eigenvalue weighted by atomic mass is 9.92. The van der Waals surface area contributed by atoms with Crippen LogP contribution in [0.3, 0.4) is 0 Å². The number of fused-ring (bicyclic) bond motifs is 1. The number of nitrogens with one attached hydrogen (secondary N) is 2. The number of anilines is 1. The summed E-state index contributed by atoms with van der Waals surface area (Å²) in [4.78, 5) is 11.1. The molecule has 0 aliphatic carbocycles. The highest BCUT2D eigenvalue weighted by molar-refractivity contribution is 5.34. The van der Waals surface area contributed by atoms with Gasteiger partial charge in [0.15, 0.2) is 0 Å². The van der Waals surface area contributed by atoms with Crippen LogP contribution in [-0.4, -0.2) is 45.8 Å². The van der Waals surface area contributed by atoms with E-state index in [1.807, 2.05) is 24.5 Å². The van der Waals surface area contributed by atoms with Crippen molar-refractivity contribution in [2.45, 2.75) is 25.3 Å². The molecule has 2 unspecified atom stereocenters. The van der Waals surface area contributed by atoms with Crippen LogP contribution in [0.1, 0.15) is 24.2 Å². The molecule has 0 aromatic carbocycles. The third-order valence-electron chi connectivity index (χ3n) is 4.58. The number of hydrogen-bond donors (Lipinski definition) is 2. The molecule has 2 aliphatic rings. The lowest BCUT2D eigenvalue weighted by molar-refractivity contribution is 0.381. The second-order valence-corrected chi connectivity index (χ2v) is 5.94. The number of nitrogens with zero attached hydrogens (tertiary/aromatic N) is 4. The minimum atomic E-state index is 0.559. The second kappa shape index (κ2) is 5.44. The molecule has 0 amide bonds. The maximum Gasteiger partial charge on any atom is 0.245 e. The van der Waals surface area contributed by atoms with Crippen LogP contribution < -0.4 is 10.2 Å². The molecule has 2 N–H and O–H groups in total. The number of hydrogen-bond acceptors (Lipinski definition) is 5. The van der Waals surface area contributed by atoms with Crippen LogP contribution in [0.5, 0.6) is 0 Å². The summed E-state index contributed by atoms with van der Waals surface area (Å²) in [6.45, 7) is 3.25. The highest BCUT2D eigenvalue weighted by Crippen LogP contribution is 2.29. The summed E-state index contributed by atoms with van der Waals surface area (Å²) in [7, 11) is 0. The van der Waals surface area contributed by atoms with Crippen molar-refractivity contribution in [1.82, 2.24) is 25.5 Å². The summed E-state index contributed by atoms with van der Waals surface area (Å²) in [6, 6.07) is 4.59. The molecule has 2 aromatic heterocycles. The van der Waals surface area contributed by atoms with E-state index in [1.54, 1.807) is 0 Å². The van der Waals surface area contributed by atoms with Crippen LogP contribution in [0.4, 0.5) is 5.95 Å². The number of aromatic nitrogens is 4. The second-order valence-electron chi connectivity index (χ2n) is 5.94. The first kappa shape index (κ1) is 12.8. The lowest BCUT2D eigenvalue weighted by Gasteiger charge is -2.36. The molecule has 6 heteroatoms. The van der Waals surface area contributed by atoms with E-state index >= 15 is 0 Å². The Morgan fingerprint density at radius 1 is 1.24 bits per heavy atom. The van der Waals surface area contributed by atoms with Crippen molar-refractivity contribution < 1.29 is 0 Å². The molecule has 0 radical (unpaired) electrons. The van der Waals surface area contributed by atoms with Crippen molar-refractivity contribution in [3.8, 4) is 0 Å². The largest absolute Gasteiger partial charge is 0.335 e. The van der Waals surface area contributed by atoms with Crippen LogP contribution in [0, 0.1) is 5.92 Å². The van der Waals surface area contributed by atoms with Gasteiger partial charge in [0.05, 0.1) is 0 Å². The van der Waals surface area contributed by atoms with Crippen molar-refractivity contribution in [1.29, 1.82) is 0 Å². The van der Waals surface area contributed by atoms with E-state index < -0.39 is 0 Å². The van der Waals surface area contributed by atoms with E-state index in [1.165, 1.54) is 18.4 Å². The van der Waals surface area contributed by atoms with Crippen molar-refractivity contribution in [2.75, 3.05) is 24.5 Å². The van der Waals surface area contributed by atoms with Gasteiger partial charge in [0.25, 0.3) is 0 Å². The predicted octanol–water partition coefficient (Wildman–Crippen LogP) is 0.979. The molecular formula is C15H20N6. The molecule has 2 aliphatic heterocycles. The van der Waals surface area contributed by atoms with Gasteiger partial charge in [0.2, 0.25) is 5.95 Å². The third kappa shape index (κ3) is 2.51. The zero-order valence-corrected chi connectivity index (χ0v) is 12.0. The SMILES string of the molecule is c1cc(Cc2nc(N3CCCC4CNCC43)n[nH]2)ccn1. The molecule has 0 saturated carbocycles. The maximum absolute atomic E-state index is 4.70. The first-order chi connectivity index (χ1) is 10.4. The standard InChI is InChI=1S/C15H20N6/c1-2-12-9-17-10-13(12)21(7-1)15-18-14(19-20-15)8-11-3-5-16-6-4-11/h3-6,12-13,17H,1-2,7-10H2,(H,18,19,20). The summed E-state index contributed by atoms with van der Waals surface area (Å²) in [5, 5.41) is 11.0. The fraction of sp³-hybridized carbons (Fsp3) is 0.533. The molecule has 110 valence electrons. The van der Waals surface area contributed by atoms with Crippen LogP contribution in [-0.2, 0) is 6.42 Å². The van der Waals surface area contributed by atoms with Crippen LogP contribution in [0.2, 0.25) is 0 Å². The Bertz CT molecular complexity index is 595. The van der Waals surface area contributed by atoms with Gasteiger partial charge in [-0.1, -0.05) is 0 Å². The molecule has 2 atom stereocenters. The molecular weight excluding hydrogens is 264 g/mol. The summed E-state index contributed by atoms with van der Waals surface area (Å²) in [6.07, 6.45) is 6.95. The van der Waals surface area contributed by atoms with Gasteiger partial charge in [0, 0.05) is 44.5 Å². The Morgan fingerprint density at radius 3 is 3.05 bits per heavy atom. The fourth-order valence-electron chi connectivity index (χ4n) is 3.50. The van der Waals surface area contributed by atoms with Crippen LogP contribution in [0.15, 0.2) is 24.5 Å². The number of aromatic amines is 1. The number of H-pyrrole nitrogens is 1. The summed E-state index contributed by atoms with van der Waals surface area (Å²) >= 11 is 0. The van der Waals surface area contributed by atoms with E-state index in [-0.39, 0.29) is 0 Å². The van der Waals surface area contributed by atoms with Crippen LogP contribution >= 0.6 is 0 Å². The number of piperidine rings is 1. The normalized spacial score (nSPS) is 25.0. The number of pyridine rings is 1. The van der Waals surface area contributed by atoms with Gasteiger partial charge >= 0.3 is 0 Å². The van der Waals surface area contributed by atoms with Gasteiger partial charge in [-0.2, -0.15) is 4.98 Å². The van der Waals surface area contributed by atoms with E-state index in [0.29, 0.717) is 6.04 Å². The zero-order valence-electron chi connectivity index (χ0n) is 12.0. The van der Waals surface area contributed by atoms with Gasteiger partial charge in [-0.25, -0.2) is 0 Å². The van der Waals surface area contributed by atoms with Gasteiger partial charge < -0.3 is 10.2 Å². The third-order valence-corrected chi connectivity index (χ3v) is 4.58. The van der Waals surface area contributed by atoms with Gasteiger partial charge in [-0.15, -0.1) is 5.10 Å².